The molecule has 1 aromatic carbocycles. The van der Waals surface area contributed by atoms with Crippen LogP contribution in [0.25, 0.3) is 0 Å². The fourth-order valence-electron chi connectivity index (χ4n) is 2.16. The highest BCUT2D eigenvalue weighted by molar-refractivity contribution is 6.30. The largest absolute Gasteiger partial charge is 0.469 e. The van der Waals surface area contributed by atoms with E-state index < -0.39 is 35.0 Å². The van der Waals surface area contributed by atoms with E-state index in [4.69, 9.17) is 11.6 Å². The molecule has 0 radical (unpaired) electrons. The second kappa shape index (κ2) is 5.75. The van der Waals surface area contributed by atoms with Crippen LogP contribution in [-0.4, -0.2) is 37.0 Å². The van der Waals surface area contributed by atoms with Crippen molar-refractivity contribution in [1.29, 1.82) is 0 Å². The van der Waals surface area contributed by atoms with Crippen LogP contribution in [0.1, 0.15) is 16.8 Å². The first-order valence-corrected chi connectivity index (χ1v) is 6.33. The van der Waals surface area contributed by atoms with Gasteiger partial charge < -0.3 is 9.64 Å². The molecule has 0 saturated carbocycles. The predicted molar refractivity (Wildman–Crippen MR) is 67.4 cm³/mol. The predicted octanol–water partition coefficient (Wildman–Crippen LogP) is 2.25. The fraction of sp³-hybridized carbons (Fsp3) is 0.385. The molecule has 2 rings (SSSR count). The van der Waals surface area contributed by atoms with E-state index >= 15 is 0 Å². The molecule has 1 unspecified atom stereocenters. The van der Waals surface area contributed by atoms with Gasteiger partial charge in [-0.05, 0) is 18.6 Å². The van der Waals surface area contributed by atoms with E-state index in [0.29, 0.717) is 13.0 Å². The van der Waals surface area contributed by atoms with Crippen LogP contribution in [0.15, 0.2) is 12.1 Å². The maximum atomic E-state index is 13.7. The Hall–Kier alpha value is -1.69. The number of esters is 1. The van der Waals surface area contributed by atoms with Gasteiger partial charge in [-0.1, -0.05) is 11.6 Å². The first-order valence-electron chi connectivity index (χ1n) is 5.95. The summed E-state index contributed by atoms with van der Waals surface area (Å²) in [5.74, 6) is -3.25. The number of carbonyl (C=O) groups excluding carboxylic acids is 2. The monoisotopic (exact) mass is 303 g/mol. The van der Waals surface area contributed by atoms with Crippen molar-refractivity contribution >= 4 is 23.5 Å². The third-order valence-corrected chi connectivity index (χ3v) is 3.54. The number of amides is 1. The highest BCUT2D eigenvalue weighted by atomic mass is 35.5. The maximum absolute atomic E-state index is 13.7. The van der Waals surface area contributed by atoms with E-state index in [2.05, 4.69) is 4.74 Å². The number of rotatable bonds is 2. The minimum Gasteiger partial charge on any atom is -0.469 e. The molecule has 1 heterocycles. The zero-order valence-electron chi connectivity index (χ0n) is 10.7. The molecule has 0 aromatic heterocycles. The topological polar surface area (TPSA) is 46.6 Å². The third-order valence-electron chi connectivity index (χ3n) is 3.25. The fourth-order valence-corrected chi connectivity index (χ4v) is 2.31. The highest BCUT2D eigenvalue weighted by Crippen LogP contribution is 2.24. The molecule has 0 spiro atoms. The van der Waals surface area contributed by atoms with Crippen LogP contribution in [0.5, 0.6) is 0 Å². The van der Waals surface area contributed by atoms with E-state index in [1.54, 1.807) is 0 Å². The zero-order valence-corrected chi connectivity index (χ0v) is 11.4. The lowest BCUT2D eigenvalue weighted by molar-refractivity contribution is -0.144. The second-order valence-corrected chi connectivity index (χ2v) is 4.91. The number of hydrogen-bond acceptors (Lipinski definition) is 3. The molecule has 1 atom stereocenters. The van der Waals surface area contributed by atoms with Gasteiger partial charge in [0.2, 0.25) is 0 Å². The highest BCUT2D eigenvalue weighted by Gasteiger charge is 2.33. The minimum absolute atomic E-state index is 0.134. The van der Waals surface area contributed by atoms with Gasteiger partial charge in [-0.2, -0.15) is 0 Å². The van der Waals surface area contributed by atoms with Crippen molar-refractivity contribution in [2.45, 2.75) is 6.42 Å². The summed E-state index contributed by atoms with van der Waals surface area (Å²) >= 11 is 5.43. The molecule has 1 fully saturated rings. The van der Waals surface area contributed by atoms with Crippen LogP contribution in [0, 0.1) is 17.6 Å². The van der Waals surface area contributed by atoms with Crippen molar-refractivity contribution in [3.63, 3.8) is 0 Å². The minimum atomic E-state index is -0.886. The van der Waals surface area contributed by atoms with Crippen molar-refractivity contribution in [2.24, 2.45) is 5.92 Å². The van der Waals surface area contributed by atoms with Crippen molar-refractivity contribution in [1.82, 2.24) is 4.90 Å². The van der Waals surface area contributed by atoms with Crippen LogP contribution >= 0.6 is 11.6 Å². The molecule has 0 N–H and O–H groups in total. The second-order valence-electron chi connectivity index (χ2n) is 4.51. The van der Waals surface area contributed by atoms with E-state index in [1.165, 1.54) is 12.0 Å². The van der Waals surface area contributed by atoms with Crippen LogP contribution in [0.3, 0.4) is 0 Å². The quantitative estimate of drug-likeness (QED) is 0.622. The number of hydrogen-bond donors (Lipinski definition) is 0. The van der Waals surface area contributed by atoms with E-state index in [1.807, 2.05) is 0 Å². The Morgan fingerprint density at radius 2 is 2.05 bits per heavy atom. The average molecular weight is 304 g/mol. The Bertz CT molecular complexity index is 565. The van der Waals surface area contributed by atoms with E-state index in [9.17, 15) is 18.4 Å². The Balaban J connectivity index is 2.17. The van der Waals surface area contributed by atoms with Gasteiger partial charge in [-0.25, -0.2) is 8.78 Å². The van der Waals surface area contributed by atoms with E-state index in [-0.39, 0.29) is 11.6 Å². The summed E-state index contributed by atoms with van der Waals surface area (Å²) < 4.78 is 31.6. The summed E-state index contributed by atoms with van der Waals surface area (Å²) in [6.07, 6.45) is 0.441. The number of likely N-dealkylation sites (tertiary alicyclic amines) is 1. The molecule has 1 aliphatic heterocycles. The summed E-state index contributed by atoms with van der Waals surface area (Å²) in [5, 5.41) is -0.382. The van der Waals surface area contributed by atoms with Gasteiger partial charge in [0.25, 0.3) is 5.91 Å². The molecular formula is C13H12ClF2NO3. The number of methoxy groups -OCH3 is 1. The molecule has 1 saturated heterocycles. The molecule has 1 amide bonds. The zero-order chi connectivity index (χ0) is 14.9. The van der Waals surface area contributed by atoms with Gasteiger partial charge in [0.05, 0.1) is 23.6 Å². The van der Waals surface area contributed by atoms with Gasteiger partial charge in [-0.3, -0.25) is 9.59 Å². The van der Waals surface area contributed by atoms with Crippen molar-refractivity contribution < 1.29 is 23.1 Å². The maximum Gasteiger partial charge on any atom is 0.310 e. The third kappa shape index (κ3) is 2.75. The number of benzene rings is 1. The van der Waals surface area contributed by atoms with Crippen molar-refractivity contribution in [2.75, 3.05) is 20.2 Å². The summed E-state index contributed by atoms with van der Waals surface area (Å²) in [7, 11) is 1.26. The van der Waals surface area contributed by atoms with Gasteiger partial charge in [-0.15, -0.1) is 0 Å². The Morgan fingerprint density at radius 3 is 2.70 bits per heavy atom. The number of halogens is 3. The van der Waals surface area contributed by atoms with Gasteiger partial charge >= 0.3 is 5.97 Å². The van der Waals surface area contributed by atoms with Crippen LogP contribution in [0.4, 0.5) is 8.78 Å². The molecule has 20 heavy (non-hydrogen) atoms. The molecule has 1 aromatic rings. The van der Waals surface area contributed by atoms with Gasteiger partial charge in [0.15, 0.2) is 0 Å². The Labute approximate surface area is 119 Å². The first kappa shape index (κ1) is 14.7. The SMILES string of the molecule is COC(=O)C1CCN(C(=O)c2cc(F)c(Cl)cc2F)C1. The molecule has 7 heteroatoms. The molecule has 108 valence electrons. The lowest BCUT2D eigenvalue weighted by Crippen LogP contribution is -2.31. The molecule has 0 bridgehead atoms. The van der Waals surface area contributed by atoms with Gasteiger partial charge in [0.1, 0.15) is 11.6 Å². The van der Waals surface area contributed by atoms with E-state index in [0.717, 1.165) is 12.1 Å². The van der Waals surface area contributed by atoms with Crippen molar-refractivity contribution in [3.05, 3.63) is 34.4 Å². The standard InChI is InChI=1S/C13H12ClF2NO3/c1-20-13(19)7-2-3-17(6-7)12(18)8-4-11(16)9(14)5-10(8)15/h4-5,7H,2-3,6H2,1H3. The summed E-state index contributed by atoms with van der Waals surface area (Å²) in [6, 6.07) is 1.53. The molecule has 0 aliphatic carbocycles. The Morgan fingerprint density at radius 1 is 1.35 bits per heavy atom. The smallest absolute Gasteiger partial charge is 0.310 e. The summed E-state index contributed by atoms with van der Waals surface area (Å²) in [5.41, 5.74) is -0.391. The molecular weight excluding hydrogens is 292 g/mol. The molecule has 4 nitrogen and oxygen atoms in total. The molecule has 1 aliphatic rings. The Kier molecular flexibility index (Phi) is 4.23. The number of ether oxygens (including phenoxy) is 1. The number of carbonyl (C=O) groups is 2. The van der Waals surface area contributed by atoms with Gasteiger partial charge in [0, 0.05) is 13.1 Å². The summed E-state index contributed by atoms with van der Waals surface area (Å²) in [4.78, 5) is 24.8. The lowest BCUT2D eigenvalue weighted by atomic mass is 10.1. The first-order chi connectivity index (χ1) is 9.43. The van der Waals surface area contributed by atoms with Crippen LogP contribution < -0.4 is 0 Å². The van der Waals surface area contributed by atoms with Crippen LogP contribution in [-0.2, 0) is 9.53 Å². The average Bonchev–Trinajstić information content (AvgIpc) is 2.91. The number of nitrogens with zero attached hydrogens (tertiary/aromatic N) is 1. The van der Waals surface area contributed by atoms with Crippen molar-refractivity contribution in [3.8, 4) is 0 Å². The summed E-state index contributed by atoms with van der Waals surface area (Å²) in [6.45, 7) is 0.428. The van der Waals surface area contributed by atoms with Crippen LogP contribution in [0.2, 0.25) is 5.02 Å². The lowest BCUT2D eigenvalue weighted by Gasteiger charge is -2.16. The normalized spacial score (nSPS) is 18.2.